The Bertz CT molecular complexity index is 1590. The summed E-state index contributed by atoms with van der Waals surface area (Å²) in [6, 6.07) is 4.23. The van der Waals surface area contributed by atoms with Crippen LogP contribution < -0.4 is 0 Å². The number of carbonyl (C=O) groups is 5. The van der Waals surface area contributed by atoms with Gasteiger partial charge in [-0.1, -0.05) is 54.1 Å². The number of benzene rings is 1. The Balaban J connectivity index is 1.14. The van der Waals surface area contributed by atoms with Crippen LogP contribution in [-0.2, 0) is 30.4 Å². The van der Waals surface area contributed by atoms with Gasteiger partial charge in [0, 0.05) is 37.5 Å². The van der Waals surface area contributed by atoms with Crippen molar-refractivity contribution in [1.82, 2.24) is 19.6 Å². The smallest absolute Gasteiger partial charge is 0.326 e. The van der Waals surface area contributed by atoms with E-state index in [1.54, 1.807) is 27.8 Å². The Hall–Kier alpha value is -3.99. The summed E-state index contributed by atoms with van der Waals surface area (Å²) in [7, 11) is 1.56. The van der Waals surface area contributed by atoms with E-state index in [1.807, 2.05) is 42.5 Å². The van der Waals surface area contributed by atoms with Gasteiger partial charge in [0.2, 0.25) is 11.8 Å². The van der Waals surface area contributed by atoms with E-state index in [4.69, 9.17) is 11.6 Å². The highest BCUT2D eigenvalue weighted by atomic mass is 35.5. The van der Waals surface area contributed by atoms with Crippen molar-refractivity contribution in [2.24, 2.45) is 10.9 Å². The van der Waals surface area contributed by atoms with Gasteiger partial charge < -0.3 is 24.7 Å². The quantitative estimate of drug-likeness (QED) is 0.386. The molecular formula is C34H38ClN5O6. The average Bonchev–Trinajstić information content (AvgIpc) is 3.84. The van der Waals surface area contributed by atoms with E-state index in [9.17, 15) is 29.1 Å². The minimum atomic E-state index is -1.22. The minimum absolute atomic E-state index is 0.204. The summed E-state index contributed by atoms with van der Waals surface area (Å²) in [6.07, 6.45) is 11.6. The number of rotatable bonds is 5. The maximum atomic E-state index is 14.6. The first-order valence-corrected chi connectivity index (χ1v) is 16.6. The molecule has 0 aromatic heterocycles. The standard InChI is InChI=1S/C34H38ClN5O6/c1-36-25(19-21-5-2-3-6-24(21)35)29(41)38-17-4-15-34(38)16-13-23-9-11-26(40(23)33(34)46)30(42)37-18-14-20-7-8-22-10-12-27(32(44)45)39(22)31(43)28(20)37/h2-3,5-8,13,16,20,22-23,26-28H,4,9-12,14-15,17-19H2,1H3,(H,44,45)/b36-25-/t20-,22-,23-,26-,27-,28-,34+/m0/s1. The van der Waals surface area contributed by atoms with E-state index in [1.165, 1.54) is 4.90 Å². The summed E-state index contributed by atoms with van der Waals surface area (Å²) in [4.78, 5) is 79.5. The van der Waals surface area contributed by atoms with Gasteiger partial charge in [0.15, 0.2) is 0 Å². The predicted molar refractivity (Wildman–Crippen MR) is 169 cm³/mol. The molecule has 7 rings (SSSR count). The summed E-state index contributed by atoms with van der Waals surface area (Å²) in [6.45, 7) is 0.736. The van der Waals surface area contributed by atoms with E-state index in [2.05, 4.69) is 4.99 Å². The number of carboxylic acids is 1. The Kier molecular flexibility index (Phi) is 7.77. The monoisotopic (exact) mass is 647 g/mol. The van der Waals surface area contributed by atoms with E-state index in [0.717, 1.165) is 5.56 Å². The molecular weight excluding hydrogens is 610 g/mol. The predicted octanol–water partition coefficient (Wildman–Crippen LogP) is 2.48. The van der Waals surface area contributed by atoms with Crippen molar-refractivity contribution in [3.05, 3.63) is 59.2 Å². The van der Waals surface area contributed by atoms with Gasteiger partial charge in [-0.25, -0.2) is 4.79 Å². The van der Waals surface area contributed by atoms with Crippen LogP contribution >= 0.6 is 11.6 Å². The normalized spacial score (nSPS) is 33.5. The van der Waals surface area contributed by atoms with Gasteiger partial charge in [-0.2, -0.15) is 0 Å². The third-order valence-electron chi connectivity index (χ3n) is 10.9. The summed E-state index contributed by atoms with van der Waals surface area (Å²) in [5.41, 5.74) is -0.155. The van der Waals surface area contributed by atoms with Gasteiger partial charge in [-0.15, -0.1) is 0 Å². The second-order valence-corrected chi connectivity index (χ2v) is 13.6. The van der Waals surface area contributed by atoms with Crippen LogP contribution in [0.5, 0.6) is 0 Å². The SMILES string of the molecule is C/N=C(/Cc1ccccc1Cl)C(=O)N1CCC[C@]12C=C[C@@H]1CC[C@@H](C(=O)N3CC[C@@H]4C=C[C@H]5CC[C@@H](C(=O)O)N5C(=O)[C@H]43)N1C2=O. The molecule has 6 aliphatic rings. The van der Waals surface area contributed by atoms with Crippen LogP contribution in [-0.4, -0.2) is 116 Å². The summed E-state index contributed by atoms with van der Waals surface area (Å²) in [5, 5.41) is 10.4. The Morgan fingerprint density at radius 2 is 1.70 bits per heavy atom. The number of halogens is 1. The molecule has 6 heterocycles. The maximum absolute atomic E-state index is 14.6. The number of hydrogen-bond donors (Lipinski definition) is 1. The second-order valence-electron chi connectivity index (χ2n) is 13.2. The van der Waals surface area contributed by atoms with Crippen molar-refractivity contribution >= 4 is 46.9 Å². The molecule has 1 spiro atoms. The molecule has 1 aromatic carbocycles. The number of aliphatic imine (C=N–C) groups is 1. The fourth-order valence-electron chi connectivity index (χ4n) is 8.66. The van der Waals surface area contributed by atoms with Gasteiger partial charge in [0.1, 0.15) is 29.4 Å². The molecule has 4 amide bonds. The lowest BCUT2D eigenvalue weighted by Gasteiger charge is -2.44. The lowest BCUT2D eigenvalue weighted by Crippen LogP contribution is -2.64. The lowest BCUT2D eigenvalue weighted by atomic mass is 9.88. The highest BCUT2D eigenvalue weighted by Gasteiger charge is 2.58. The zero-order chi connectivity index (χ0) is 32.3. The van der Waals surface area contributed by atoms with Crippen molar-refractivity contribution < 1.29 is 29.1 Å². The highest BCUT2D eigenvalue weighted by Crippen LogP contribution is 2.43. The lowest BCUT2D eigenvalue weighted by molar-refractivity contribution is -0.157. The molecule has 4 saturated heterocycles. The molecule has 4 fully saturated rings. The average molecular weight is 648 g/mol. The topological polar surface area (TPSA) is 131 Å². The maximum Gasteiger partial charge on any atom is 0.326 e. The first-order valence-electron chi connectivity index (χ1n) is 16.2. The molecule has 0 radical (unpaired) electrons. The first-order chi connectivity index (χ1) is 22.2. The molecule has 242 valence electrons. The van der Waals surface area contributed by atoms with Crippen LogP contribution in [0.1, 0.15) is 50.5 Å². The zero-order valence-corrected chi connectivity index (χ0v) is 26.5. The number of fused-ring (bicyclic) bond motifs is 3. The molecule has 46 heavy (non-hydrogen) atoms. The number of carbonyl (C=O) groups excluding carboxylic acids is 4. The van der Waals surface area contributed by atoms with Gasteiger partial charge in [0.25, 0.3) is 11.8 Å². The molecule has 1 N–H and O–H groups in total. The largest absolute Gasteiger partial charge is 0.480 e. The molecule has 11 nitrogen and oxygen atoms in total. The Morgan fingerprint density at radius 1 is 0.957 bits per heavy atom. The van der Waals surface area contributed by atoms with Crippen molar-refractivity contribution in [1.29, 1.82) is 0 Å². The first kappa shape index (κ1) is 30.7. The number of amides is 4. The van der Waals surface area contributed by atoms with Crippen LogP contribution in [0, 0.1) is 5.92 Å². The fraction of sp³-hybridized carbons (Fsp3) is 0.529. The molecule has 12 heteroatoms. The number of carboxylic acid groups (broad SMARTS) is 1. The van der Waals surface area contributed by atoms with Crippen LogP contribution in [0.3, 0.4) is 0 Å². The van der Waals surface area contributed by atoms with Crippen LogP contribution in [0.2, 0.25) is 5.02 Å². The highest BCUT2D eigenvalue weighted by molar-refractivity contribution is 6.40. The van der Waals surface area contributed by atoms with Gasteiger partial charge in [-0.3, -0.25) is 24.2 Å². The van der Waals surface area contributed by atoms with E-state index < -0.39 is 29.6 Å². The second kappa shape index (κ2) is 11.7. The molecule has 6 aliphatic heterocycles. The summed E-state index contributed by atoms with van der Waals surface area (Å²) in [5.74, 6) is -2.46. The van der Waals surface area contributed by atoms with E-state index in [-0.39, 0.29) is 48.1 Å². The molecule has 7 atom stereocenters. The van der Waals surface area contributed by atoms with Crippen LogP contribution in [0.4, 0.5) is 0 Å². The molecule has 0 bridgehead atoms. The Morgan fingerprint density at radius 3 is 2.43 bits per heavy atom. The van der Waals surface area contributed by atoms with Gasteiger partial charge in [0.05, 0.1) is 12.1 Å². The van der Waals surface area contributed by atoms with E-state index in [0.29, 0.717) is 68.8 Å². The third-order valence-corrected chi connectivity index (χ3v) is 11.3. The summed E-state index contributed by atoms with van der Waals surface area (Å²) < 4.78 is 0. The minimum Gasteiger partial charge on any atom is -0.480 e. The molecule has 0 saturated carbocycles. The van der Waals surface area contributed by atoms with Gasteiger partial charge >= 0.3 is 5.97 Å². The van der Waals surface area contributed by atoms with Crippen molar-refractivity contribution in [2.75, 3.05) is 20.1 Å². The number of nitrogens with zero attached hydrogens (tertiary/aromatic N) is 5. The molecule has 1 aromatic rings. The number of likely N-dealkylation sites (tertiary alicyclic amines) is 2. The number of aliphatic carboxylic acids is 1. The third kappa shape index (κ3) is 4.68. The van der Waals surface area contributed by atoms with Crippen LogP contribution in [0.25, 0.3) is 0 Å². The van der Waals surface area contributed by atoms with Crippen LogP contribution in [0.15, 0.2) is 53.6 Å². The van der Waals surface area contributed by atoms with Gasteiger partial charge in [-0.05, 0) is 56.6 Å². The molecule has 0 aliphatic carbocycles. The van der Waals surface area contributed by atoms with E-state index >= 15 is 0 Å². The van der Waals surface area contributed by atoms with Crippen molar-refractivity contribution in [3.63, 3.8) is 0 Å². The molecule has 0 unspecified atom stereocenters. The van der Waals surface area contributed by atoms with Crippen molar-refractivity contribution in [3.8, 4) is 0 Å². The number of hydrogen-bond acceptors (Lipinski definition) is 6. The van der Waals surface area contributed by atoms with Crippen molar-refractivity contribution in [2.45, 2.75) is 87.1 Å². The fourth-order valence-corrected chi connectivity index (χ4v) is 8.86. The zero-order valence-electron chi connectivity index (χ0n) is 25.8. The summed E-state index contributed by atoms with van der Waals surface area (Å²) >= 11 is 6.38. The Labute approximate surface area is 272 Å².